The largest absolute Gasteiger partial charge is 0.494 e. The molecule has 0 radical (unpaired) electrons. The average Bonchev–Trinajstić information content (AvgIpc) is 2.52. The molecule has 5 heteroatoms. The Morgan fingerprint density at radius 2 is 1.35 bits per heavy atom. The van der Waals surface area contributed by atoms with Gasteiger partial charge < -0.3 is 5.11 Å². The Bertz CT molecular complexity index is 560. The smallest absolute Gasteiger partial charge is 0.333 e. The second kappa shape index (κ2) is 11.1. The molecule has 23 heavy (non-hydrogen) atoms. The number of nitrogens with zero attached hydrogens (tertiary/aromatic N) is 2. The Labute approximate surface area is 139 Å². The summed E-state index contributed by atoms with van der Waals surface area (Å²) in [6.45, 7) is 4.79. The van der Waals surface area contributed by atoms with Gasteiger partial charge in [0.2, 0.25) is 5.88 Å². The fourth-order valence-corrected chi connectivity index (χ4v) is 2.86. The second-order valence-electron chi connectivity index (χ2n) is 6.20. The lowest BCUT2D eigenvalue weighted by atomic mass is 10.1. The normalized spacial score (nSPS) is 11.0. The third-order valence-electron chi connectivity index (χ3n) is 4.31. The van der Waals surface area contributed by atoms with Crippen LogP contribution in [0.25, 0.3) is 0 Å². The predicted molar refractivity (Wildman–Crippen MR) is 94.1 cm³/mol. The molecule has 1 heterocycles. The van der Waals surface area contributed by atoms with Crippen LogP contribution < -0.4 is 11.2 Å². The van der Waals surface area contributed by atoms with Gasteiger partial charge in [-0.05, 0) is 13.3 Å². The molecule has 0 unspecified atom stereocenters. The maximum atomic E-state index is 12.1. The quantitative estimate of drug-likeness (QED) is 0.597. The molecule has 0 aromatic carbocycles. The Morgan fingerprint density at radius 1 is 0.826 bits per heavy atom. The van der Waals surface area contributed by atoms with Crippen LogP contribution in [-0.2, 0) is 13.1 Å². The zero-order valence-electron chi connectivity index (χ0n) is 14.7. The van der Waals surface area contributed by atoms with Crippen molar-refractivity contribution in [1.29, 1.82) is 0 Å². The van der Waals surface area contributed by atoms with Crippen LogP contribution in [0.2, 0.25) is 0 Å². The average molecular weight is 324 g/mol. The molecule has 0 saturated heterocycles. The SMILES string of the molecule is CCCCCCCCCCCCn1c(O)cc(=O)n(CC)c1=O. The molecule has 1 aromatic rings. The predicted octanol–water partition coefficient (Wildman–Crippen LogP) is 3.66. The van der Waals surface area contributed by atoms with Gasteiger partial charge in [-0.3, -0.25) is 13.9 Å². The molecule has 1 aromatic heterocycles. The van der Waals surface area contributed by atoms with Gasteiger partial charge in [0.25, 0.3) is 5.56 Å². The zero-order chi connectivity index (χ0) is 17.1. The number of aromatic nitrogens is 2. The van der Waals surface area contributed by atoms with E-state index < -0.39 is 11.2 Å². The van der Waals surface area contributed by atoms with Crippen LogP contribution in [0.4, 0.5) is 0 Å². The van der Waals surface area contributed by atoms with Gasteiger partial charge in [0, 0.05) is 13.1 Å². The molecule has 0 atom stereocenters. The van der Waals surface area contributed by atoms with Crippen molar-refractivity contribution in [2.75, 3.05) is 0 Å². The monoisotopic (exact) mass is 324 g/mol. The van der Waals surface area contributed by atoms with Crippen molar-refractivity contribution in [2.45, 2.75) is 91.1 Å². The molecule has 1 N–H and O–H groups in total. The molecule has 0 spiro atoms. The van der Waals surface area contributed by atoms with Crippen molar-refractivity contribution in [3.63, 3.8) is 0 Å². The van der Waals surface area contributed by atoms with Crippen molar-refractivity contribution in [1.82, 2.24) is 9.13 Å². The Morgan fingerprint density at radius 3 is 1.87 bits per heavy atom. The van der Waals surface area contributed by atoms with Crippen LogP contribution in [0.15, 0.2) is 15.7 Å². The first kappa shape index (κ1) is 19.5. The Hall–Kier alpha value is -1.52. The molecule has 0 fully saturated rings. The summed E-state index contributed by atoms with van der Waals surface area (Å²) in [6.07, 6.45) is 12.2. The first-order chi connectivity index (χ1) is 11.1. The van der Waals surface area contributed by atoms with Crippen LogP contribution in [0.5, 0.6) is 5.88 Å². The molecule has 0 aliphatic carbocycles. The van der Waals surface area contributed by atoms with Gasteiger partial charge in [-0.1, -0.05) is 64.7 Å². The van der Waals surface area contributed by atoms with Crippen LogP contribution in [0, 0.1) is 0 Å². The highest BCUT2D eigenvalue weighted by Gasteiger charge is 2.08. The standard InChI is InChI=1S/C18H32N2O3/c1-3-5-6-7-8-9-10-11-12-13-14-20-17(22)15-16(21)19(4-2)18(20)23/h15,22H,3-14H2,1-2H3. The fourth-order valence-electron chi connectivity index (χ4n) is 2.86. The summed E-state index contributed by atoms with van der Waals surface area (Å²) < 4.78 is 2.45. The van der Waals surface area contributed by atoms with E-state index in [0.717, 1.165) is 29.9 Å². The minimum absolute atomic E-state index is 0.222. The summed E-state index contributed by atoms with van der Waals surface area (Å²) in [6, 6.07) is 1.13. The summed E-state index contributed by atoms with van der Waals surface area (Å²) in [5.74, 6) is -0.222. The number of aromatic hydroxyl groups is 1. The van der Waals surface area contributed by atoms with Gasteiger partial charge in [0.1, 0.15) is 0 Å². The lowest BCUT2D eigenvalue weighted by molar-refractivity contribution is 0.382. The van der Waals surface area contributed by atoms with E-state index in [-0.39, 0.29) is 5.88 Å². The van der Waals surface area contributed by atoms with Gasteiger partial charge in [0.15, 0.2) is 0 Å². The van der Waals surface area contributed by atoms with Crippen LogP contribution in [0.3, 0.4) is 0 Å². The number of hydrogen-bond donors (Lipinski definition) is 1. The Kier molecular flexibility index (Phi) is 9.41. The lowest BCUT2D eigenvalue weighted by Crippen LogP contribution is -2.38. The van der Waals surface area contributed by atoms with Crippen molar-refractivity contribution in [2.24, 2.45) is 0 Å². The number of hydrogen-bond acceptors (Lipinski definition) is 3. The van der Waals surface area contributed by atoms with E-state index in [1.807, 2.05) is 0 Å². The summed E-state index contributed by atoms with van der Waals surface area (Å²) in [7, 11) is 0. The molecule has 1 rings (SSSR count). The highest BCUT2D eigenvalue weighted by atomic mass is 16.3. The first-order valence-corrected chi connectivity index (χ1v) is 9.15. The second-order valence-corrected chi connectivity index (χ2v) is 6.20. The van der Waals surface area contributed by atoms with E-state index in [0.29, 0.717) is 13.1 Å². The van der Waals surface area contributed by atoms with E-state index in [9.17, 15) is 14.7 Å². The van der Waals surface area contributed by atoms with E-state index in [1.54, 1.807) is 6.92 Å². The first-order valence-electron chi connectivity index (χ1n) is 9.15. The minimum Gasteiger partial charge on any atom is -0.494 e. The highest BCUT2D eigenvalue weighted by Crippen LogP contribution is 2.11. The molecular formula is C18H32N2O3. The summed E-state index contributed by atoms with van der Waals surface area (Å²) in [4.78, 5) is 23.7. The number of rotatable bonds is 12. The van der Waals surface area contributed by atoms with Gasteiger partial charge in [0.05, 0.1) is 6.07 Å². The van der Waals surface area contributed by atoms with Gasteiger partial charge in [-0.2, -0.15) is 0 Å². The summed E-state index contributed by atoms with van der Waals surface area (Å²) in [5.41, 5.74) is -0.845. The van der Waals surface area contributed by atoms with E-state index in [1.165, 1.54) is 49.5 Å². The van der Waals surface area contributed by atoms with Gasteiger partial charge >= 0.3 is 5.69 Å². The van der Waals surface area contributed by atoms with Crippen molar-refractivity contribution >= 4 is 0 Å². The molecule has 132 valence electrons. The van der Waals surface area contributed by atoms with Crippen LogP contribution >= 0.6 is 0 Å². The fraction of sp³-hybridized carbons (Fsp3) is 0.778. The van der Waals surface area contributed by atoms with E-state index in [4.69, 9.17) is 0 Å². The van der Waals surface area contributed by atoms with Crippen molar-refractivity contribution in [3.8, 4) is 5.88 Å². The Balaban J connectivity index is 2.27. The van der Waals surface area contributed by atoms with Crippen molar-refractivity contribution in [3.05, 3.63) is 26.9 Å². The third kappa shape index (κ3) is 6.63. The highest BCUT2D eigenvalue weighted by molar-refractivity contribution is 5.06. The molecule has 0 amide bonds. The zero-order valence-corrected chi connectivity index (χ0v) is 14.7. The number of unbranched alkanes of at least 4 members (excludes halogenated alkanes) is 9. The maximum absolute atomic E-state index is 12.1. The summed E-state index contributed by atoms with van der Waals surface area (Å²) in [5, 5.41) is 9.79. The molecule has 5 nitrogen and oxygen atoms in total. The lowest BCUT2D eigenvalue weighted by Gasteiger charge is -2.10. The van der Waals surface area contributed by atoms with E-state index in [2.05, 4.69) is 6.92 Å². The van der Waals surface area contributed by atoms with Gasteiger partial charge in [-0.25, -0.2) is 4.79 Å². The van der Waals surface area contributed by atoms with Gasteiger partial charge in [-0.15, -0.1) is 0 Å². The topological polar surface area (TPSA) is 64.2 Å². The third-order valence-corrected chi connectivity index (χ3v) is 4.31. The minimum atomic E-state index is -0.436. The molecule has 0 saturated carbocycles. The molecular weight excluding hydrogens is 292 g/mol. The maximum Gasteiger partial charge on any atom is 0.333 e. The van der Waals surface area contributed by atoms with Crippen molar-refractivity contribution < 1.29 is 5.11 Å². The molecule has 0 bridgehead atoms. The van der Waals surface area contributed by atoms with E-state index >= 15 is 0 Å². The molecule has 0 aliphatic rings. The summed E-state index contributed by atoms with van der Waals surface area (Å²) >= 11 is 0. The van der Waals surface area contributed by atoms with Crippen LogP contribution in [0.1, 0.15) is 78.1 Å². The molecule has 0 aliphatic heterocycles. The van der Waals surface area contributed by atoms with Crippen LogP contribution in [-0.4, -0.2) is 14.2 Å².